The lowest BCUT2D eigenvalue weighted by atomic mass is 9.91. The summed E-state index contributed by atoms with van der Waals surface area (Å²) in [5.74, 6) is 1.15. The number of halogens is 1. The molecular weight excluding hydrogens is 1070 g/mol. The summed E-state index contributed by atoms with van der Waals surface area (Å²) >= 11 is 0. The van der Waals surface area contributed by atoms with E-state index >= 15 is 0 Å². The number of aryl methyl sites for hydroxylation is 1. The summed E-state index contributed by atoms with van der Waals surface area (Å²) in [6, 6.07) is 11.4. The number of nitrogens with one attached hydrogen (secondary N) is 2. The van der Waals surface area contributed by atoms with Crippen LogP contribution in [0.1, 0.15) is 104 Å². The maximum atomic E-state index is 14.7. The van der Waals surface area contributed by atoms with Crippen molar-refractivity contribution in [2.75, 3.05) is 108 Å². The number of benzene rings is 2. The van der Waals surface area contributed by atoms with Gasteiger partial charge in [-0.15, -0.1) is 0 Å². The Morgan fingerprint density at radius 3 is 2.22 bits per heavy atom. The summed E-state index contributed by atoms with van der Waals surface area (Å²) in [6.07, 6.45) is 4.15. The van der Waals surface area contributed by atoms with E-state index in [1.807, 2.05) is 63.6 Å². The summed E-state index contributed by atoms with van der Waals surface area (Å²) in [5.41, 5.74) is 4.83. The molecule has 3 fully saturated rings. The molecule has 9 rings (SSSR count). The highest BCUT2D eigenvalue weighted by atomic mass is 32.2. The molecule has 2 aromatic carbocycles. The van der Waals surface area contributed by atoms with Gasteiger partial charge in [-0.3, -0.25) is 34.4 Å². The number of carbonyl (C=O) groups is 3. The van der Waals surface area contributed by atoms with Crippen LogP contribution in [-0.4, -0.2) is 208 Å². The van der Waals surface area contributed by atoms with E-state index in [0.717, 1.165) is 66.5 Å². The standard InChI is InChI=1S/C60H84FN13O7S/c1-39-31-71(52(75)35-69-21-19-68(20-22-69)18-13-25-80-50-29-48-47(28-51(50)82(78,79)59(8,9)10)56(64-38-63-48)65-55-41(3)42(4)66-67-55)24-23-70(39)33-46-34-73(57(77)81-58(5,6)7)40(2)32-72(46)36-53(76)74-37-60(11,12)54-49(74)27-44(30-62-54)26-43-14-16-45(61)17-15-43/h14-17,27-30,38-40,46H,13,18-26,31-37H2,1-12H3,(H2,63,64,65,66,67)/t39-,40+,46+/m1/s1. The number of rotatable bonds is 16. The average molecular weight is 1150 g/mol. The second kappa shape index (κ2) is 24.1. The molecule has 5 aromatic rings. The van der Waals surface area contributed by atoms with E-state index in [4.69, 9.17) is 14.5 Å². The molecule has 0 aliphatic carbocycles. The smallest absolute Gasteiger partial charge is 0.410 e. The first kappa shape index (κ1) is 60.3. The first-order valence-corrected chi connectivity index (χ1v) is 30.3. The lowest BCUT2D eigenvalue weighted by Gasteiger charge is -2.48. The highest BCUT2D eigenvalue weighted by Gasteiger charge is 2.44. The van der Waals surface area contributed by atoms with Crippen LogP contribution in [-0.2, 0) is 36.0 Å². The predicted molar refractivity (Wildman–Crippen MR) is 315 cm³/mol. The van der Waals surface area contributed by atoms with Crippen molar-refractivity contribution in [3.63, 3.8) is 0 Å². The summed E-state index contributed by atoms with van der Waals surface area (Å²) in [7, 11) is -3.84. The number of aromatic nitrogens is 5. The van der Waals surface area contributed by atoms with Gasteiger partial charge in [0.1, 0.15) is 40.0 Å². The minimum atomic E-state index is -3.84. The number of ether oxygens (including phenoxy) is 2. The average Bonchev–Trinajstić information content (AvgIpc) is 4.06. The van der Waals surface area contributed by atoms with Gasteiger partial charge in [-0.05, 0) is 117 Å². The minimum Gasteiger partial charge on any atom is -0.492 e. The molecule has 4 aliphatic heterocycles. The molecule has 20 nitrogen and oxygen atoms in total. The Balaban J connectivity index is 0.779. The molecule has 0 saturated carbocycles. The number of hydrogen-bond donors (Lipinski definition) is 2. The fourth-order valence-corrected chi connectivity index (χ4v) is 12.8. The van der Waals surface area contributed by atoms with Crippen molar-refractivity contribution >= 4 is 56.0 Å². The van der Waals surface area contributed by atoms with Gasteiger partial charge in [0.25, 0.3) is 0 Å². The third-order valence-corrected chi connectivity index (χ3v) is 19.0. The summed E-state index contributed by atoms with van der Waals surface area (Å²) in [5, 5.41) is 11.1. The third-order valence-electron chi connectivity index (χ3n) is 16.5. The Kier molecular flexibility index (Phi) is 17.7. The van der Waals surface area contributed by atoms with E-state index in [1.165, 1.54) is 18.5 Å². The van der Waals surface area contributed by atoms with Crippen LogP contribution in [0, 0.1) is 19.7 Å². The predicted octanol–water partition coefficient (Wildman–Crippen LogP) is 6.96. The van der Waals surface area contributed by atoms with Gasteiger partial charge in [0.05, 0.1) is 47.0 Å². The third kappa shape index (κ3) is 13.7. The fraction of sp³-hybridized carbons (Fsp3) is 0.583. The van der Waals surface area contributed by atoms with E-state index in [0.29, 0.717) is 94.3 Å². The zero-order valence-electron chi connectivity index (χ0n) is 50.0. The Labute approximate surface area is 483 Å². The van der Waals surface area contributed by atoms with Crippen LogP contribution in [0.5, 0.6) is 5.75 Å². The molecule has 3 aromatic heterocycles. The first-order chi connectivity index (χ1) is 38.6. The van der Waals surface area contributed by atoms with Crippen LogP contribution in [0.2, 0.25) is 0 Å². The molecule has 0 spiro atoms. The summed E-state index contributed by atoms with van der Waals surface area (Å²) in [4.78, 5) is 71.0. The van der Waals surface area contributed by atoms with Gasteiger partial charge in [-0.2, -0.15) is 5.10 Å². The van der Waals surface area contributed by atoms with E-state index in [2.05, 4.69) is 65.9 Å². The molecule has 4 aliphatic rings. The van der Waals surface area contributed by atoms with Crippen molar-refractivity contribution in [2.45, 2.75) is 135 Å². The molecule has 3 saturated heterocycles. The number of sulfone groups is 1. The molecule has 22 heteroatoms. The van der Waals surface area contributed by atoms with Crippen molar-refractivity contribution in [1.29, 1.82) is 0 Å². The lowest BCUT2D eigenvalue weighted by Crippen LogP contribution is -2.65. The van der Waals surface area contributed by atoms with Gasteiger partial charge in [0, 0.05) is 125 Å². The highest BCUT2D eigenvalue weighted by molar-refractivity contribution is 7.92. The number of hydrogen-bond acceptors (Lipinski definition) is 16. The quantitative estimate of drug-likeness (QED) is 0.0958. The SMILES string of the molecule is Cc1n[nH]c(Nc2ncnc3cc(OCCCN4CCN(CC(=O)N5CCN(C[C@H]6CN(C(=O)OC(C)(C)C)[C@@H](C)CN6CC(=O)N6CC(C)(C)c7ncc(Cc8ccc(F)cc8)cc76)[C@H](C)C5)CC4)c(S(=O)(=O)C(C)(C)C)cc23)c1C. The maximum absolute atomic E-state index is 14.7. The van der Waals surface area contributed by atoms with E-state index in [-0.39, 0.29) is 64.5 Å². The van der Waals surface area contributed by atoms with Gasteiger partial charge < -0.3 is 34.4 Å². The largest absolute Gasteiger partial charge is 0.492 e. The molecule has 3 amide bonds. The molecule has 0 bridgehead atoms. The first-order valence-electron chi connectivity index (χ1n) is 28.8. The molecule has 82 heavy (non-hydrogen) atoms. The lowest BCUT2D eigenvalue weighted by molar-refractivity contribution is -0.136. The van der Waals surface area contributed by atoms with Gasteiger partial charge in [0.15, 0.2) is 9.84 Å². The van der Waals surface area contributed by atoms with Crippen LogP contribution in [0.3, 0.4) is 0 Å². The highest BCUT2D eigenvalue weighted by Crippen LogP contribution is 2.41. The molecule has 3 atom stereocenters. The van der Waals surface area contributed by atoms with Crippen LogP contribution in [0.4, 0.5) is 26.5 Å². The van der Waals surface area contributed by atoms with Gasteiger partial charge in [0.2, 0.25) is 11.8 Å². The second-order valence-electron chi connectivity index (χ2n) is 25.5. The number of nitrogens with zero attached hydrogens (tertiary/aromatic N) is 11. The van der Waals surface area contributed by atoms with Crippen molar-refractivity contribution < 1.29 is 36.7 Å². The second-order valence-corrected chi connectivity index (χ2v) is 28.2. The van der Waals surface area contributed by atoms with Crippen LogP contribution in [0.25, 0.3) is 10.9 Å². The molecule has 7 heterocycles. The Morgan fingerprint density at radius 2 is 1.55 bits per heavy atom. The van der Waals surface area contributed by atoms with E-state index < -0.39 is 20.2 Å². The van der Waals surface area contributed by atoms with Crippen LogP contribution < -0.4 is 15.0 Å². The molecular formula is C60H84FN13O7S. The van der Waals surface area contributed by atoms with Gasteiger partial charge in [-0.25, -0.2) is 27.6 Å². The zero-order valence-corrected chi connectivity index (χ0v) is 50.8. The van der Waals surface area contributed by atoms with Gasteiger partial charge >= 0.3 is 6.09 Å². The van der Waals surface area contributed by atoms with Crippen molar-refractivity contribution in [1.82, 2.24) is 54.5 Å². The number of H-pyrrole nitrogens is 1. The summed E-state index contributed by atoms with van der Waals surface area (Å²) < 4.78 is 52.9. The number of anilines is 3. The maximum Gasteiger partial charge on any atom is 0.410 e. The molecule has 0 radical (unpaired) electrons. The Hall–Kier alpha value is -6.33. The van der Waals surface area contributed by atoms with Gasteiger partial charge in [-0.1, -0.05) is 26.0 Å². The zero-order chi connectivity index (χ0) is 59.1. The molecule has 0 unspecified atom stereocenters. The van der Waals surface area contributed by atoms with Crippen molar-refractivity contribution in [3.8, 4) is 5.75 Å². The normalized spacial score (nSPS) is 20.5. The fourth-order valence-electron chi connectivity index (χ4n) is 11.5. The molecule has 2 N–H and O–H groups in total. The number of amides is 3. The minimum absolute atomic E-state index is 0.0313. The number of piperazine rings is 3. The number of fused-ring (bicyclic) bond motifs is 2. The summed E-state index contributed by atoms with van der Waals surface area (Å²) in [6.45, 7) is 31.2. The molecule has 444 valence electrons. The number of aromatic amines is 1. The van der Waals surface area contributed by atoms with E-state index in [1.54, 1.807) is 49.9 Å². The Bertz CT molecular complexity index is 3240. The van der Waals surface area contributed by atoms with Crippen LogP contribution in [0.15, 0.2) is 59.9 Å². The van der Waals surface area contributed by atoms with Crippen molar-refractivity contribution in [3.05, 3.63) is 88.9 Å². The number of carbonyl (C=O) groups excluding carboxylic acids is 3. The topological polar surface area (TPSA) is 206 Å². The van der Waals surface area contributed by atoms with E-state index in [9.17, 15) is 27.2 Å². The Morgan fingerprint density at radius 1 is 0.829 bits per heavy atom. The van der Waals surface area contributed by atoms with Crippen LogP contribution >= 0.6 is 0 Å². The number of pyridine rings is 1. The monoisotopic (exact) mass is 1150 g/mol. The van der Waals surface area contributed by atoms with Crippen molar-refractivity contribution in [2.24, 2.45) is 0 Å².